The van der Waals surface area contributed by atoms with Gasteiger partial charge in [-0.05, 0) is 50.1 Å². The van der Waals surface area contributed by atoms with Crippen molar-refractivity contribution in [1.82, 2.24) is 4.98 Å². The predicted octanol–water partition coefficient (Wildman–Crippen LogP) is 5.96. The topological polar surface area (TPSA) is 28.2 Å². The molecule has 1 N–H and O–H groups in total. The summed E-state index contributed by atoms with van der Waals surface area (Å²) in [6, 6.07) is 17.2. The van der Waals surface area contributed by atoms with Gasteiger partial charge in [0.05, 0.1) is 5.69 Å². The molecule has 3 aromatic rings. The van der Waals surface area contributed by atoms with E-state index >= 15 is 0 Å². The van der Waals surface area contributed by atoms with Gasteiger partial charge < -0.3 is 10.2 Å². The van der Waals surface area contributed by atoms with Crippen LogP contribution in [0, 0.1) is 0 Å². The van der Waals surface area contributed by atoms with Crippen molar-refractivity contribution in [3.63, 3.8) is 0 Å². The quantitative estimate of drug-likeness (QED) is 0.569. The Balaban J connectivity index is 1.72. The highest BCUT2D eigenvalue weighted by Gasteiger charge is 2.07. The van der Waals surface area contributed by atoms with Crippen molar-refractivity contribution < 1.29 is 0 Å². The molecule has 3 nitrogen and oxygen atoms in total. The highest BCUT2D eigenvalue weighted by atomic mass is 32.1. The van der Waals surface area contributed by atoms with Gasteiger partial charge in [-0.25, -0.2) is 4.98 Å². The molecule has 0 fully saturated rings. The van der Waals surface area contributed by atoms with Crippen LogP contribution in [0.4, 0.5) is 16.5 Å². The zero-order chi connectivity index (χ0) is 17.6. The standard InChI is InChI=1S/C21H25N3S/c1-4-16-7-11-18(12-8-16)22-21-23-20(15-25-21)17-9-13-19(14-10-17)24(5-2)6-3/h7-15H,4-6H2,1-3H3,(H,22,23). The van der Waals surface area contributed by atoms with E-state index in [-0.39, 0.29) is 0 Å². The summed E-state index contributed by atoms with van der Waals surface area (Å²) in [5.74, 6) is 0. The molecule has 0 aliphatic rings. The van der Waals surface area contributed by atoms with Gasteiger partial charge in [-0.1, -0.05) is 31.2 Å². The number of thiazole rings is 1. The zero-order valence-electron chi connectivity index (χ0n) is 15.1. The maximum absolute atomic E-state index is 4.73. The van der Waals surface area contributed by atoms with E-state index < -0.39 is 0 Å². The maximum atomic E-state index is 4.73. The van der Waals surface area contributed by atoms with Crippen molar-refractivity contribution in [2.75, 3.05) is 23.3 Å². The van der Waals surface area contributed by atoms with Crippen LogP contribution < -0.4 is 10.2 Å². The molecule has 0 saturated carbocycles. The second-order valence-electron chi connectivity index (χ2n) is 5.93. The highest BCUT2D eigenvalue weighted by molar-refractivity contribution is 7.14. The van der Waals surface area contributed by atoms with Crippen LogP contribution in [0.1, 0.15) is 26.3 Å². The van der Waals surface area contributed by atoms with Gasteiger partial charge in [0.15, 0.2) is 5.13 Å². The summed E-state index contributed by atoms with van der Waals surface area (Å²) in [6.07, 6.45) is 1.06. The Hall–Kier alpha value is -2.33. The lowest BCUT2D eigenvalue weighted by atomic mass is 10.1. The first-order valence-electron chi connectivity index (χ1n) is 8.90. The van der Waals surface area contributed by atoms with E-state index in [4.69, 9.17) is 4.98 Å². The molecule has 0 aliphatic carbocycles. The van der Waals surface area contributed by atoms with E-state index in [9.17, 15) is 0 Å². The molecule has 0 atom stereocenters. The van der Waals surface area contributed by atoms with E-state index in [1.54, 1.807) is 11.3 Å². The van der Waals surface area contributed by atoms with E-state index in [2.05, 4.69) is 84.9 Å². The van der Waals surface area contributed by atoms with Gasteiger partial charge in [0, 0.05) is 35.4 Å². The number of aryl methyl sites for hydroxylation is 1. The van der Waals surface area contributed by atoms with Crippen molar-refractivity contribution in [2.24, 2.45) is 0 Å². The van der Waals surface area contributed by atoms with Gasteiger partial charge >= 0.3 is 0 Å². The fourth-order valence-corrected chi connectivity index (χ4v) is 3.58. The summed E-state index contributed by atoms with van der Waals surface area (Å²) in [5, 5.41) is 6.42. The van der Waals surface area contributed by atoms with Crippen LogP contribution in [-0.2, 0) is 6.42 Å². The molecular weight excluding hydrogens is 326 g/mol. The van der Waals surface area contributed by atoms with Crippen molar-refractivity contribution >= 4 is 27.8 Å². The van der Waals surface area contributed by atoms with Crippen molar-refractivity contribution in [3.05, 3.63) is 59.5 Å². The molecule has 1 heterocycles. The van der Waals surface area contributed by atoms with Gasteiger partial charge in [0.25, 0.3) is 0 Å². The molecule has 1 aromatic heterocycles. The molecule has 3 rings (SSSR count). The van der Waals surface area contributed by atoms with Crippen LogP contribution >= 0.6 is 11.3 Å². The number of nitrogens with zero attached hydrogens (tertiary/aromatic N) is 2. The van der Waals surface area contributed by atoms with Crippen LogP contribution in [0.3, 0.4) is 0 Å². The van der Waals surface area contributed by atoms with E-state index in [1.807, 2.05) is 0 Å². The average molecular weight is 352 g/mol. The Morgan fingerprint density at radius 3 is 2.20 bits per heavy atom. The van der Waals surface area contributed by atoms with Gasteiger partial charge in [0.2, 0.25) is 0 Å². The first-order chi connectivity index (χ1) is 12.2. The maximum Gasteiger partial charge on any atom is 0.187 e. The predicted molar refractivity (Wildman–Crippen MR) is 110 cm³/mol. The number of hydrogen-bond acceptors (Lipinski definition) is 4. The molecule has 0 saturated heterocycles. The van der Waals surface area contributed by atoms with Crippen molar-refractivity contribution in [1.29, 1.82) is 0 Å². The minimum Gasteiger partial charge on any atom is -0.372 e. The minimum atomic E-state index is 0.923. The third kappa shape index (κ3) is 4.20. The van der Waals surface area contributed by atoms with Gasteiger partial charge in [-0.2, -0.15) is 0 Å². The van der Waals surface area contributed by atoms with Crippen LogP contribution in [0.5, 0.6) is 0 Å². The molecule has 0 bridgehead atoms. The van der Waals surface area contributed by atoms with E-state index in [0.29, 0.717) is 0 Å². The summed E-state index contributed by atoms with van der Waals surface area (Å²) in [4.78, 5) is 7.07. The summed E-state index contributed by atoms with van der Waals surface area (Å²) >= 11 is 1.64. The van der Waals surface area contributed by atoms with Crippen molar-refractivity contribution in [2.45, 2.75) is 27.2 Å². The average Bonchev–Trinajstić information content (AvgIpc) is 3.12. The van der Waals surface area contributed by atoms with Gasteiger partial charge in [0.1, 0.15) is 0 Å². The Morgan fingerprint density at radius 2 is 1.60 bits per heavy atom. The summed E-state index contributed by atoms with van der Waals surface area (Å²) in [7, 11) is 0. The first-order valence-corrected chi connectivity index (χ1v) is 9.78. The third-order valence-electron chi connectivity index (χ3n) is 4.41. The van der Waals surface area contributed by atoms with E-state index in [1.165, 1.54) is 11.3 Å². The fraction of sp³-hybridized carbons (Fsp3) is 0.286. The third-order valence-corrected chi connectivity index (χ3v) is 5.17. The molecular formula is C21H25N3S. The SMILES string of the molecule is CCc1ccc(Nc2nc(-c3ccc(N(CC)CC)cc3)cs2)cc1. The molecule has 2 aromatic carbocycles. The molecule has 0 unspecified atom stereocenters. The van der Waals surface area contributed by atoms with Crippen LogP contribution in [-0.4, -0.2) is 18.1 Å². The molecule has 4 heteroatoms. The summed E-state index contributed by atoms with van der Waals surface area (Å²) in [6.45, 7) is 8.58. The Bertz CT molecular complexity index is 787. The summed E-state index contributed by atoms with van der Waals surface area (Å²) < 4.78 is 0. The Labute approximate surface area is 154 Å². The summed E-state index contributed by atoms with van der Waals surface area (Å²) in [5.41, 5.74) is 5.86. The van der Waals surface area contributed by atoms with Gasteiger partial charge in [-0.3, -0.25) is 0 Å². The number of rotatable bonds is 7. The molecule has 0 amide bonds. The van der Waals surface area contributed by atoms with Crippen molar-refractivity contribution in [3.8, 4) is 11.3 Å². The number of nitrogens with one attached hydrogen (secondary N) is 1. The largest absolute Gasteiger partial charge is 0.372 e. The second-order valence-corrected chi connectivity index (χ2v) is 6.79. The second kappa shape index (κ2) is 8.17. The van der Waals surface area contributed by atoms with Gasteiger partial charge in [-0.15, -0.1) is 11.3 Å². The first kappa shape index (κ1) is 17.5. The lowest BCUT2D eigenvalue weighted by molar-refractivity contribution is 0.866. The molecule has 0 aliphatic heterocycles. The zero-order valence-corrected chi connectivity index (χ0v) is 15.9. The fourth-order valence-electron chi connectivity index (χ4n) is 2.84. The molecule has 25 heavy (non-hydrogen) atoms. The molecule has 130 valence electrons. The molecule has 0 spiro atoms. The number of aromatic nitrogens is 1. The minimum absolute atomic E-state index is 0.923. The lowest BCUT2D eigenvalue weighted by Gasteiger charge is -2.20. The van der Waals surface area contributed by atoms with Crippen LogP contribution in [0.25, 0.3) is 11.3 Å². The van der Waals surface area contributed by atoms with Crippen LogP contribution in [0.2, 0.25) is 0 Å². The highest BCUT2D eigenvalue weighted by Crippen LogP contribution is 2.28. The number of benzene rings is 2. The van der Waals surface area contributed by atoms with Crippen LogP contribution in [0.15, 0.2) is 53.9 Å². The Morgan fingerprint density at radius 1 is 0.920 bits per heavy atom. The lowest BCUT2D eigenvalue weighted by Crippen LogP contribution is -2.21. The number of anilines is 3. The number of hydrogen-bond donors (Lipinski definition) is 1. The van der Waals surface area contributed by atoms with E-state index in [0.717, 1.165) is 41.6 Å². The monoisotopic (exact) mass is 351 g/mol. The normalized spacial score (nSPS) is 10.7. The Kier molecular flexibility index (Phi) is 5.71. The molecule has 0 radical (unpaired) electrons. The smallest absolute Gasteiger partial charge is 0.187 e.